The van der Waals surface area contributed by atoms with E-state index in [9.17, 15) is 4.79 Å². The maximum Gasteiger partial charge on any atom is 0.236 e. The number of likely N-dealkylation sites (N-methyl/N-ethyl adjacent to an activating group) is 1. The Morgan fingerprint density at radius 3 is 2.31 bits per heavy atom. The Bertz CT molecular complexity index is 148. The van der Waals surface area contributed by atoms with E-state index in [4.69, 9.17) is 5.73 Å². The summed E-state index contributed by atoms with van der Waals surface area (Å²) < 4.78 is 0. The van der Waals surface area contributed by atoms with Crippen molar-refractivity contribution in [3.63, 3.8) is 0 Å². The number of rotatable bonds is 6. The summed E-state index contributed by atoms with van der Waals surface area (Å²) >= 11 is 0. The summed E-state index contributed by atoms with van der Waals surface area (Å²) in [6.07, 6.45) is 1.01. The third kappa shape index (κ3) is 5.60. The van der Waals surface area contributed by atoms with E-state index >= 15 is 0 Å². The zero-order valence-corrected chi connectivity index (χ0v) is 8.92. The molecule has 0 spiro atoms. The van der Waals surface area contributed by atoms with Crippen molar-refractivity contribution >= 4 is 5.91 Å². The van der Waals surface area contributed by atoms with E-state index in [2.05, 4.69) is 4.90 Å². The van der Waals surface area contributed by atoms with Crippen LogP contribution in [0.4, 0.5) is 0 Å². The standard InChI is InChI=1S/C9H21N3O/c1-4-12(9(13)8-10)7-5-6-11(2)3/h4-8,10H2,1-3H3. The fraction of sp³-hybridized carbons (Fsp3) is 0.889. The summed E-state index contributed by atoms with van der Waals surface area (Å²) in [7, 11) is 4.06. The van der Waals surface area contributed by atoms with E-state index in [0.29, 0.717) is 0 Å². The maximum absolute atomic E-state index is 11.2. The van der Waals surface area contributed by atoms with Gasteiger partial charge in [-0.15, -0.1) is 0 Å². The Hall–Kier alpha value is -0.610. The maximum atomic E-state index is 11.2. The molecule has 0 aromatic heterocycles. The minimum Gasteiger partial charge on any atom is -0.342 e. The lowest BCUT2D eigenvalue weighted by Crippen LogP contribution is -2.37. The predicted octanol–water partition coefficient (Wildman–Crippen LogP) is -0.255. The molecule has 0 heterocycles. The van der Waals surface area contributed by atoms with Crippen LogP contribution in [0.25, 0.3) is 0 Å². The number of nitrogens with zero attached hydrogens (tertiary/aromatic N) is 2. The quantitative estimate of drug-likeness (QED) is 0.623. The molecule has 4 heteroatoms. The molecule has 1 amide bonds. The van der Waals surface area contributed by atoms with E-state index in [-0.39, 0.29) is 12.5 Å². The number of hydrogen-bond acceptors (Lipinski definition) is 3. The van der Waals surface area contributed by atoms with E-state index in [1.807, 2.05) is 21.0 Å². The molecule has 0 saturated carbocycles. The summed E-state index contributed by atoms with van der Waals surface area (Å²) in [5.41, 5.74) is 5.28. The highest BCUT2D eigenvalue weighted by Gasteiger charge is 2.08. The Balaban J connectivity index is 3.66. The number of nitrogens with two attached hydrogens (primary N) is 1. The average Bonchev–Trinajstić information content (AvgIpc) is 2.11. The largest absolute Gasteiger partial charge is 0.342 e. The van der Waals surface area contributed by atoms with Crippen LogP contribution in [0.2, 0.25) is 0 Å². The van der Waals surface area contributed by atoms with Gasteiger partial charge in [-0.2, -0.15) is 0 Å². The van der Waals surface area contributed by atoms with Gasteiger partial charge in [0.05, 0.1) is 6.54 Å². The van der Waals surface area contributed by atoms with Gasteiger partial charge in [0.1, 0.15) is 0 Å². The van der Waals surface area contributed by atoms with Gasteiger partial charge in [0.2, 0.25) is 5.91 Å². The smallest absolute Gasteiger partial charge is 0.236 e. The molecule has 13 heavy (non-hydrogen) atoms. The third-order valence-electron chi connectivity index (χ3n) is 1.94. The van der Waals surface area contributed by atoms with Crippen molar-refractivity contribution in [2.45, 2.75) is 13.3 Å². The predicted molar refractivity (Wildman–Crippen MR) is 54.5 cm³/mol. The van der Waals surface area contributed by atoms with Crippen LogP contribution in [-0.4, -0.2) is 56.0 Å². The SMILES string of the molecule is CCN(CCCN(C)C)C(=O)CN. The van der Waals surface area contributed by atoms with Crippen LogP contribution >= 0.6 is 0 Å². The first-order valence-corrected chi connectivity index (χ1v) is 4.74. The topological polar surface area (TPSA) is 49.6 Å². The van der Waals surface area contributed by atoms with Crippen molar-refractivity contribution in [1.29, 1.82) is 0 Å². The first-order chi connectivity index (χ1) is 6.11. The van der Waals surface area contributed by atoms with Gasteiger partial charge in [0, 0.05) is 13.1 Å². The zero-order valence-electron chi connectivity index (χ0n) is 8.92. The molecule has 0 aliphatic rings. The Labute approximate surface area is 80.7 Å². The molecule has 0 bridgehead atoms. The monoisotopic (exact) mass is 187 g/mol. The molecule has 0 atom stereocenters. The van der Waals surface area contributed by atoms with Crippen LogP contribution in [0.1, 0.15) is 13.3 Å². The van der Waals surface area contributed by atoms with E-state index < -0.39 is 0 Å². The molecule has 0 rings (SSSR count). The molecule has 0 aromatic rings. The molecule has 0 aliphatic carbocycles. The molecular weight excluding hydrogens is 166 g/mol. The van der Waals surface area contributed by atoms with Crippen LogP contribution in [0.3, 0.4) is 0 Å². The molecular formula is C9H21N3O. The summed E-state index contributed by atoms with van der Waals surface area (Å²) in [5.74, 6) is 0.0428. The summed E-state index contributed by atoms with van der Waals surface area (Å²) in [4.78, 5) is 15.1. The minimum atomic E-state index is 0.0428. The zero-order chi connectivity index (χ0) is 10.3. The number of amides is 1. The highest BCUT2D eigenvalue weighted by molar-refractivity contribution is 5.77. The van der Waals surface area contributed by atoms with Gasteiger partial charge in [-0.1, -0.05) is 0 Å². The third-order valence-corrected chi connectivity index (χ3v) is 1.94. The highest BCUT2D eigenvalue weighted by atomic mass is 16.2. The van der Waals surface area contributed by atoms with Crippen molar-refractivity contribution in [2.24, 2.45) is 5.73 Å². The van der Waals surface area contributed by atoms with Gasteiger partial charge in [-0.05, 0) is 34.0 Å². The lowest BCUT2D eigenvalue weighted by atomic mass is 10.3. The number of carbonyl (C=O) groups excluding carboxylic acids is 1. The molecule has 78 valence electrons. The van der Waals surface area contributed by atoms with Crippen molar-refractivity contribution in [1.82, 2.24) is 9.80 Å². The van der Waals surface area contributed by atoms with Crippen LogP contribution in [0.5, 0.6) is 0 Å². The number of carbonyl (C=O) groups is 1. The molecule has 0 unspecified atom stereocenters. The fourth-order valence-corrected chi connectivity index (χ4v) is 1.17. The van der Waals surface area contributed by atoms with Gasteiger partial charge in [0.25, 0.3) is 0 Å². The summed E-state index contributed by atoms with van der Waals surface area (Å²) in [6, 6.07) is 0. The highest BCUT2D eigenvalue weighted by Crippen LogP contribution is 1.92. The van der Waals surface area contributed by atoms with Crippen LogP contribution in [-0.2, 0) is 4.79 Å². The van der Waals surface area contributed by atoms with Gasteiger partial charge in [-0.3, -0.25) is 4.79 Å². The average molecular weight is 187 g/mol. The molecule has 0 radical (unpaired) electrons. The van der Waals surface area contributed by atoms with Crippen LogP contribution in [0, 0.1) is 0 Å². The molecule has 4 nitrogen and oxygen atoms in total. The molecule has 2 N–H and O–H groups in total. The Kier molecular flexibility index (Phi) is 6.54. The molecule has 0 aromatic carbocycles. The lowest BCUT2D eigenvalue weighted by molar-refractivity contribution is -0.129. The van der Waals surface area contributed by atoms with Crippen molar-refractivity contribution < 1.29 is 4.79 Å². The summed E-state index contributed by atoms with van der Waals surface area (Å²) in [6.45, 7) is 4.67. The van der Waals surface area contributed by atoms with Crippen LogP contribution < -0.4 is 5.73 Å². The van der Waals surface area contributed by atoms with E-state index in [1.165, 1.54) is 0 Å². The van der Waals surface area contributed by atoms with E-state index in [0.717, 1.165) is 26.1 Å². The van der Waals surface area contributed by atoms with E-state index in [1.54, 1.807) is 4.90 Å². The van der Waals surface area contributed by atoms with Gasteiger partial charge < -0.3 is 15.5 Å². The normalized spacial score (nSPS) is 10.5. The molecule has 0 aliphatic heterocycles. The Morgan fingerprint density at radius 2 is 1.92 bits per heavy atom. The van der Waals surface area contributed by atoms with Crippen molar-refractivity contribution in [2.75, 3.05) is 40.3 Å². The first kappa shape index (κ1) is 12.4. The summed E-state index contributed by atoms with van der Waals surface area (Å²) in [5, 5.41) is 0. The van der Waals surface area contributed by atoms with Crippen LogP contribution in [0.15, 0.2) is 0 Å². The Morgan fingerprint density at radius 1 is 1.31 bits per heavy atom. The van der Waals surface area contributed by atoms with Crippen molar-refractivity contribution in [3.8, 4) is 0 Å². The van der Waals surface area contributed by atoms with Crippen molar-refractivity contribution in [3.05, 3.63) is 0 Å². The van der Waals surface area contributed by atoms with Gasteiger partial charge in [0.15, 0.2) is 0 Å². The second kappa shape index (κ2) is 6.86. The minimum absolute atomic E-state index is 0.0428. The number of hydrogen-bond donors (Lipinski definition) is 1. The first-order valence-electron chi connectivity index (χ1n) is 4.74. The molecule has 0 fully saturated rings. The second-order valence-electron chi connectivity index (χ2n) is 3.33. The lowest BCUT2D eigenvalue weighted by Gasteiger charge is -2.20. The second-order valence-corrected chi connectivity index (χ2v) is 3.33. The fourth-order valence-electron chi connectivity index (χ4n) is 1.17. The van der Waals surface area contributed by atoms with Gasteiger partial charge >= 0.3 is 0 Å². The molecule has 0 saturated heterocycles. The van der Waals surface area contributed by atoms with Gasteiger partial charge in [-0.25, -0.2) is 0 Å².